The molecule has 0 saturated carbocycles. The van der Waals surface area contributed by atoms with Crippen molar-refractivity contribution >= 4 is 0 Å². The van der Waals surface area contributed by atoms with Gasteiger partial charge in [-0.2, -0.15) is 0 Å². The third-order valence-electron chi connectivity index (χ3n) is 1.21. The summed E-state index contributed by atoms with van der Waals surface area (Å²) >= 11 is 0. The van der Waals surface area contributed by atoms with Crippen molar-refractivity contribution in [2.24, 2.45) is 0 Å². The number of nitrogens with zero attached hydrogens (tertiary/aromatic N) is 4. The minimum absolute atomic E-state index is 0. The Morgan fingerprint density at radius 2 is 1.86 bits per heavy atom. The van der Waals surface area contributed by atoms with Crippen LogP contribution in [0.3, 0.4) is 0 Å². The van der Waals surface area contributed by atoms with Crippen LogP contribution in [0.1, 0.15) is 13.8 Å². The van der Waals surface area contributed by atoms with Gasteiger partial charge in [-0.05, 0) is 6.07 Å². The van der Waals surface area contributed by atoms with Crippen molar-refractivity contribution in [1.29, 1.82) is 0 Å². The van der Waals surface area contributed by atoms with Crippen LogP contribution in [-0.2, 0) is 20.4 Å². The first-order valence-corrected chi connectivity index (χ1v) is 4.15. The number of rotatable bonds is 1. The Bertz CT molecular complexity index is 320. The van der Waals surface area contributed by atoms with Crippen molar-refractivity contribution in [3.63, 3.8) is 0 Å². The largest absolute Gasteiger partial charge is 0.432 e. The zero-order chi connectivity index (χ0) is 9.52. The van der Waals surface area contributed by atoms with Crippen LogP contribution < -0.4 is 0 Å². The fourth-order valence-electron chi connectivity index (χ4n) is 0.752. The first-order valence-electron chi connectivity index (χ1n) is 4.15. The summed E-state index contributed by atoms with van der Waals surface area (Å²) in [7, 11) is 0. The van der Waals surface area contributed by atoms with Crippen LogP contribution in [0, 0.1) is 6.07 Å². The molecule has 2 aromatic rings. The summed E-state index contributed by atoms with van der Waals surface area (Å²) in [5.74, 6) is 0.564. The van der Waals surface area contributed by atoms with Crippen LogP contribution in [0.25, 0.3) is 5.95 Å². The molecular formula is C9H11N4Re-. The van der Waals surface area contributed by atoms with Gasteiger partial charge in [-0.1, -0.05) is 13.8 Å². The fraction of sp³-hybridized carbons (Fsp3) is 0.222. The molecule has 0 aliphatic heterocycles. The maximum atomic E-state index is 3.99. The van der Waals surface area contributed by atoms with Crippen molar-refractivity contribution in [2.75, 3.05) is 0 Å². The van der Waals surface area contributed by atoms with Gasteiger partial charge in [0.15, 0.2) is 0 Å². The molecule has 4 nitrogen and oxygen atoms in total. The fourth-order valence-corrected chi connectivity index (χ4v) is 0.752. The Kier molecular flexibility index (Phi) is 6.81. The molecule has 0 amide bonds. The van der Waals surface area contributed by atoms with Gasteiger partial charge in [0.2, 0.25) is 5.95 Å². The van der Waals surface area contributed by atoms with E-state index in [2.05, 4.69) is 21.1 Å². The van der Waals surface area contributed by atoms with Gasteiger partial charge in [-0.3, -0.25) is 0 Å². The van der Waals surface area contributed by atoms with E-state index in [1.165, 1.54) is 0 Å². The van der Waals surface area contributed by atoms with Gasteiger partial charge in [0.05, 0.1) is 0 Å². The Morgan fingerprint density at radius 1 is 1.21 bits per heavy atom. The number of hydrogen-bond donors (Lipinski definition) is 0. The Balaban J connectivity index is 0.000000531. The van der Waals surface area contributed by atoms with E-state index in [-0.39, 0.29) is 20.4 Å². The molecule has 0 bridgehead atoms. The Morgan fingerprint density at radius 3 is 2.36 bits per heavy atom. The first kappa shape index (κ1) is 13.0. The topological polar surface area (TPSA) is 43.6 Å². The maximum Gasteiger partial charge on any atom is 0.247 e. The van der Waals surface area contributed by atoms with Crippen molar-refractivity contribution in [1.82, 2.24) is 19.7 Å². The summed E-state index contributed by atoms with van der Waals surface area (Å²) in [6.45, 7) is 4.00. The molecule has 0 unspecified atom stereocenters. The second kappa shape index (κ2) is 7.36. The van der Waals surface area contributed by atoms with Crippen LogP contribution in [0.2, 0.25) is 0 Å². The van der Waals surface area contributed by atoms with Gasteiger partial charge < -0.3 is 6.07 Å². The second-order valence-corrected chi connectivity index (χ2v) is 1.93. The van der Waals surface area contributed by atoms with Crippen LogP contribution in [0.5, 0.6) is 0 Å². The number of aromatic nitrogens is 4. The quantitative estimate of drug-likeness (QED) is 0.723. The third-order valence-corrected chi connectivity index (χ3v) is 1.21. The molecule has 0 N–H and O–H groups in total. The van der Waals surface area contributed by atoms with Crippen LogP contribution in [0.4, 0.5) is 0 Å². The van der Waals surface area contributed by atoms with Crippen molar-refractivity contribution in [3.05, 3.63) is 36.9 Å². The zero-order valence-electron chi connectivity index (χ0n) is 8.05. The zero-order valence-corrected chi connectivity index (χ0v) is 10.8. The SMILES string of the molecule is CC.[Re].[c-]1cnn(-c2ncccn2)c1. The van der Waals surface area contributed by atoms with Gasteiger partial charge in [-0.15, -0.1) is 12.4 Å². The molecule has 1 radical (unpaired) electrons. The summed E-state index contributed by atoms with van der Waals surface area (Å²) in [5.41, 5.74) is 0. The second-order valence-electron chi connectivity index (χ2n) is 1.93. The predicted octanol–water partition coefficient (Wildman–Crippen LogP) is 1.49. The molecule has 2 aromatic heterocycles. The summed E-state index contributed by atoms with van der Waals surface area (Å²) in [6, 6.07) is 4.56. The minimum atomic E-state index is 0. The maximum absolute atomic E-state index is 3.99. The van der Waals surface area contributed by atoms with Gasteiger partial charge >= 0.3 is 0 Å². The van der Waals surface area contributed by atoms with E-state index in [0.29, 0.717) is 5.95 Å². The van der Waals surface area contributed by atoms with Crippen LogP contribution >= 0.6 is 0 Å². The molecule has 75 valence electrons. The summed E-state index contributed by atoms with van der Waals surface area (Å²) in [4.78, 5) is 7.98. The molecule has 0 atom stereocenters. The van der Waals surface area contributed by atoms with Gasteiger partial charge in [-0.25, -0.2) is 19.7 Å². The van der Waals surface area contributed by atoms with E-state index in [1.54, 1.807) is 35.5 Å². The average Bonchev–Trinajstić information content (AvgIpc) is 2.75. The Hall–Kier alpha value is -1.05. The van der Waals surface area contributed by atoms with E-state index in [9.17, 15) is 0 Å². The molecule has 0 aliphatic carbocycles. The van der Waals surface area contributed by atoms with Crippen molar-refractivity contribution in [3.8, 4) is 5.95 Å². The molecular weight excluding hydrogens is 350 g/mol. The minimum Gasteiger partial charge on any atom is -0.432 e. The van der Waals surface area contributed by atoms with E-state index in [4.69, 9.17) is 0 Å². The van der Waals surface area contributed by atoms with Gasteiger partial charge in [0, 0.05) is 32.8 Å². The van der Waals surface area contributed by atoms with Crippen molar-refractivity contribution in [2.45, 2.75) is 13.8 Å². The molecule has 0 saturated heterocycles. The van der Waals surface area contributed by atoms with E-state index >= 15 is 0 Å². The molecule has 2 heterocycles. The van der Waals surface area contributed by atoms with E-state index < -0.39 is 0 Å². The third kappa shape index (κ3) is 3.37. The van der Waals surface area contributed by atoms with Gasteiger partial charge in [0.25, 0.3) is 0 Å². The molecule has 0 fully saturated rings. The molecule has 0 aromatic carbocycles. The van der Waals surface area contributed by atoms with Crippen LogP contribution in [0.15, 0.2) is 30.9 Å². The number of hydrogen-bond acceptors (Lipinski definition) is 3. The van der Waals surface area contributed by atoms with E-state index in [0.717, 1.165) is 0 Å². The summed E-state index contributed by atoms with van der Waals surface area (Å²) in [5, 5.41) is 3.92. The predicted molar refractivity (Wildman–Crippen MR) is 49.3 cm³/mol. The molecule has 14 heavy (non-hydrogen) atoms. The molecule has 5 heteroatoms. The summed E-state index contributed by atoms with van der Waals surface area (Å²) < 4.78 is 1.56. The standard InChI is InChI=1S/C7H5N4.C2H6.Re/c1-3-8-7(9-4-1)11-6-2-5-10-11;1-2;/h1,3-6H;1-2H3;/q-1;;. The van der Waals surface area contributed by atoms with Gasteiger partial charge in [0.1, 0.15) is 0 Å². The molecule has 0 spiro atoms. The average molecular weight is 361 g/mol. The van der Waals surface area contributed by atoms with Crippen molar-refractivity contribution < 1.29 is 20.4 Å². The summed E-state index contributed by atoms with van der Waals surface area (Å²) in [6.07, 6.45) is 6.58. The molecule has 0 aliphatic rings. The van der Waals surface area contributed by atoms with Crippen LogP contribution in [-0.4, -0.2) is 19.7 Å². The Labute approximate surface area is 97.1 Å². The van der Waals surface area contributed by atoms with E-state index in [1.807, 2.05) is 13.8 Å². The first-order chi connectivity index (χ1) is 6.47. The molecule has 2 rings (SSSR count). The normalized spacial score (nSPS) is 8.14. The monoisotopic (exact) mass is 362 g/mol. The smallest absolute Gasteiger partial charge is 0.247 e.